The molecule has 3 rings (SSSR count). The van der Waals surface area contributed by atoms with E-state index in [1.807, 2.05) is 6.07 Å². The minimum absolute atomic E-state index is 0.334. The first kappa shape index (κ1) is 14.4. The standard InChI is InChI=1S/C16H18N4O2/c1-22-16(21)13-2-7-18-15(10-13)20-8-4-12(5-9-20)14-3-6-17-11-19-14/h2-3,6-7,10-12H,4-5,8-9H2,1H3. The largest absolute Gasteiger partial charge is 0.465 e. The Hall–Kier alpha value is -2.50. The summed E-state index contributed by atoms with van der Waals surface area (Å²) in [6, 6.07) is 5.44. The second kappa shape index (κ2) is 6.51. The van der Waals surface area contributed by atoms with Gasteiger partial charge in [0, 0.05) is 37.1 Å². The first-order valence-electron chi connectivity index (χ1n) is 7.33. The van der Waals surface area contributed by atoms with Gasteiger partial charge in [-0.2, -0.15) is 0 Å². The normalized spacial score (nSPS) is 15.6. The molecule has 0 aromatic carbocycles. The van der Waals surface area contributed by atoms with Crippen molar-refractivity contribution in [2.45, 2.75) is 18.8 Å². The average molecular weight is 298 g/mol. The number of anilines is 1. The molecule has 1 saturated heterocycles. The molecule has 0 amide bonds. The van der Waals surface area contributed by atoms with Crippen LogP contribution in [0.25, 0.3) is 0 Å². The number of aromatic nitrogens is 3. The van der Waals surface area contributed by atoms with Crippen LogP contribution in [0.3, 0.4) is 0 Å². The molecule has 114 valence electrons. The smallest absolute Gasteiger partial charge is 0.338 e. The van der Waals surface area contributed by atoms with Crippen molar-refractivity contribution < 1.29 is 9.53 Å². The topological polar surface area (TPSA) is 68.2 Å². The van der Waals surface area contributed by atoms with E-state index >= 15 is 0 Å². The molecule has 6 nitrogen and oxygen atoms in total. The molecule has 2 aromatic heterocycles. The van der Waals surface area contributed by atoms with Crippen LogP contribution in [0.5, 0.6) is 0 Å². The lowest BCUT2D eigenvalue weighted by molar-refractivity contribution is 0.0600. The molecule has 2 aromatic rings. The minimum Gasteiger partial charge on any atom is -0.465 e. The van der Waals surface area contributed by atoms with E-state index in [-0.39, 0.29) is 5.97 Å². The number of piperidine rings is 1. The van der Waals surface area contributed by atoms with Crippen molar-refractivity contribution in [3.8, 4) is 0 Å². The van der Waals surface area contributed by atoms with Crippen LogP contribution in [0.4, 0.5) is 5.82 Å². The molecule has 0 radical (unpaired) electrons. The fourth-order valence-electron chi connectivity index (χ4n) is 2.78. The summed E-state index contributed by atoms with van der Waals surface area (Å²) < 4.78 is 4.75. The van der Waals surface area contributed by atoms with E-state index in [1.54, 1.807) is 30.9 Å². The van der Waals surface area contributed by atoms with Gasteiger partial charge in [-0.1, -0.05) is 0 Å². The predicted octanol–water partition coefficient (Wildman–Crippen LogP) is 2.04. The molecule has 6 heteroatoms. The quantitative estimate of drug-likeness (QED) is 0.808. The van der Waals surface area contributed by atoms with Gasteiger partial charge in [-0.25, -0.2) is 19.7 Å². The van der Waals surface area contributed by atoms with Crippen LogP contribution in [-0.2, 0) is 4.74 Å². The molecule has 22 heavy (non-hydrogen) atoms. The van der Waals surface area contributed by atoms with E-state index < -0.39 is 0 Å². The number of esters is 1. The second-order valence-corrected chi connectivity index (χ2v) is 5.29. The highest BCUT2D eigenvalue weighted by Crippen LogP contribution is 2.28. The van der Waals surface area contributed by atoms with E-state index in [4.69, 9.17) is 4.74 Å². The highest BCUT2D eigenvalue weighted by atomic mass is 16.5. The third-order valence-corrected chi connectivity index (χ3v) is 4.01. The fourth-order valence-corrected chi connectivity index (χ4v) is 2.78. The Labute approximate surface area is 129 Å². The van der Waals surface area contributed by atoms with Gasteiger partial charge in [0.1, 0.15) is 12.1 Å². The predicted molar refractivity (Wildman–Crippen MR) is 81.8 cm³/mol. The van der Waals surface area contributed by atoms with Gasteiger partial charge in [-0.3, -0.25) is 0 Å². The number of ether oxygens (including phenoxy) is 1. The Morgan fingerprint density at radius 1 is 1.23 bits per heavy atom. The Balaban J connectivity index is 1.68. The van der Waals surface area contributed by atoms with Crippen molar-refractivity contribution >= 4 is 11.8 Å². The van der Waals surface area contributed by atoms with E-state index in [0.29, 0.717) is 11.5 Å². The van der Waals surface area contributed by atoms with E-state index in [0.717, 1.165) is 37.4 Å². The lowest BCUT2D eigenvalue weighted by Crippen LogP contribution is -2.33. The van der Waals surface area contributed by atoms with Crippen LogP contribution < -0.4 is 4.90 Å². The molecule has 3 heterocycles. The highest BCUT2D eigenvalue weighted by Gasteiger charge is 2.22. The van der Waals surface area contributed by atoms with E-state index in [2.05, 4.69) is 19.9 Å². The Kier molecular flexibility index (Phi) is 4.27. The van der Waals surface area contributed by atoms with Gasteiger partial charge >= 0.3 is 5.97 Å². The van der Waals surface area contributed by atoms with Gasteiger partial charge in [-0.05, 0) is 31.0 Å². The number of carbonyl (C=O) groups is 1. The lowest BCUT2D eigenvalue weighted by Gasteiger charge is -2.32. The van der Waals surface area contributed by atoms with Gasteiger partial charge in [0.2, 0.25) is 0 Å². The summed E-state index contributed by atoms with van der Waals surface area (Å²) in [7, 11) is 1.38. The van der Waals surface area contributed by atoms with Crippen LogP contribution in [-0.4, -0.2) is 41.1 Å². The van der Waals surface area contributed by atoms with Crippen LogP contribution in [0, 0.1) is 0 Å². The van der Waals surface area contributed by atoms with Crippen LogP contribution >= 0.6 is 0 Å². The third-order valence-electron chi connectivity index (χ3n) is 4.01. The first-order valence-corrected chi connectivity index (χ1v) is 7.33. The number of nitrogens with zero attached hydrogens (tertiary/aromatic N) is 4. The van der Waals surface area contributed by atoms with Crippen molar-refractivity contribution in [1.29, 1.82) is 0 Å². The molecule has 1 aliphatic rings. The Bertz CT molecular complexity index is 640. The van der Waals surface area contributed by atoms with Crippen LogP contribution in [0.15, 0.2) is 36.9 Å². The molecular formula is C16H18N4O2. The molecule has 0 bridgehead atoms. The summed E-state index contributed by atoms with van der Waals surface area (Å²) >= 11 is 0. The summed E-state index contributed by atoms with van der Waals surface area (Å²) in [4.78, 5) is 26.5. The van der Waals surface area contributed by atoms with Crippen molar-refractivity contribution in [1.82, 2.24) is 15.0 Å². The summed E-state index contributed by atoms with van der Waals surface area (Å²) in [5.74, 6) is 0.951. The molecule has 1 fully saturated rings. The summed E-state index contributed by atoms with van der Waals surface area (Å²) in [6.07, 6.45) is 7.07. The zero-order chi connectivity index (χ0) is 15.4. The number of carbonyl (C=O) groups excluding carboxylic acids is 1. The van der Waals surface area contributed by atoms with Gasteiger partial charge in [0.05, 0.1) is 12.7 Å². The summed E-state index contributed by atoms with van der Waals surface area (Å²) in [6.45, 7) is 1.79. The maximum absolute atomic E-state index is 11.6. The first-order chi connectivity index (χ1) is 10.8. The Morgan fingerprint density at radius 2 is 2.05 bits per heavy atom. The van der Waals surface area contributed by atoms with Gasteiger partial charge in [-0.15, -0.1) is 0 Å². The van der Waals surface area contributed by atoms with Crippen molar-refractivity contribution in [2.24, 2.45) is 0 Å². The highest BCUT2D eigenvalue weighted by molar-refractivity contribution is 5.90. The zero-order valence-corrected chi connectivity index (χ0v) is 12.5. The molecular weight excluding hydrogens is 280 g/mol. The fraction of sp³-hybridized carbons (Fsp3) is 0.375. The number of hydrogen-bond donors (Lipinski definition) is 0. The summed E-state index contributed by atoms with van der Waals surface area (Å²) in [5, 5.41) is 0. The number of hydrogen-bond acceptors (Lipinski definition) is 6. The molecule has 0 spiro atoms. The zero-order valence-electron chi connectivity index (χ0n) is 12.5. The number of pyridine rings is 1. The number of rotatable bonds is 3. The average Bonchev–Trinajstić information content (AvgIpc) is 2.62. The van der Waals surface area contributed by atoms with Crippen LogP contribution in [0.1, 0.15) is 34.8 Å². The van der Waals surface area contributed by atoms with Crippen LogP contribution in [0.2, 0.25) is 0 Å². The SMILES string of the molecule is COC(=O)c1ccnc(N2CCC(c3ccncn3)CC2)c1. The van der Waals surface area contributed by atoms with Crippen molar-refractivity contribution in [2.75, 3.05) is 25.1 Å². The molecule has 1 aliphatic heterocycles. The summed E-state index contributed by atoms with van der Waals surface area (Å²) in [5.41, 5.74) is 1.64. The maximum Gasteiger partial charge on any atom is 0.338 e. The van der Waals surface area contributed by atoms with Crippen molar-refractivity contribution in [3.05, 3.63) is 48.2 Å². The minimum atomic E-state index is -0.334. The molecule has 0 saturated carbocycles. The van der Waals surface area contributed by atoms with Gasteiger partial charge in [0.25, 0.3) is 0 Å². The second-order valence-electron chi connectivity index (χ2n) is 5.29. The maximum atomic E-state index is 11.6. The van der Waals surface area contributed by atoms with Crippen molar-refractivity contribution in [3.63, 3.8) is 0 Å². The van der Waals surface area contributed by atoms with Gasteiger partial charge in [0.15, 0.2) is 0 Å². The number of methoxy groups -OCH3 is 1. The monoisotopic (exact) mass is 298 g/mol. The third kappa shape index (κ3) is 3.05. The molecule has 0 aliphatic carbocycles. The molecule has 0 atom stereocenters. The van der Waals surface area contributed by atoms with Gasteiger partial charge < -0.3 is 9.64 Å². The molecule has 0 unspecified atom stereocenters. The lowest BCUT2D eigenvalue weighted by atomic mass is 9.93. The van der Waals surface area contributed by atoms with E-state index in [9.17, 15) is 4.79 Å². The Morgan fingerprint density at radius 3 is 2.73 bits per heavy atom. The molecule has 0 N–H and O–H groups in total. The van der Waals surface area contributed by atoms with E-state index in [1.165, 1.54) is 7.11 Å².